The molecule has 0 aromatic heterocycles. The summed E-state index contributed by atoms with van der Waals surface area (Å²) in [5.74, 6) is -0.149. The molecule has 1 aromatic carbocycles. The largest absolute Gasteiger partial charge is 0.450 e. The van der Waals surface area contributed by atoms with Crippen molar-refractivity contribution in [2.45, 2.75) is 25.4 Å². The number of aryl methyl sites for hydroxylation is 1. The third kappa shape index (κ3) is 1.57. The van der Waals surface area contributed by atoms with E-state index in [-0.39, 0.29) is 11.6 Å². The number of carbonyl (C=O) groups excluding carboxylic acids is 1. The van der Waals surface area contributed by atoms with E-state index in [4.69, 9.17) is 4.74 Å². The molecule has 0 N–H and O–H groups in total. The van der Waals surface area contributed by atoms with Gasteiger partial charge in [0.1, 0.15) is 5.60 Å². The summed E-state index contributed by atoms with van der Waals surface area (Å²) in [7, 11) is 2.11. The predicted octanol–water partition coefficient (Wildman–Crippen LogP) is 2.09. The quantitative estimate of drug-likeness (QED) is 0.640. The zero-order chi connectivity index (χ0) is 12.0. The van der Waals surface area contributed by atoms with Crippen molar-refractivity contribution in [3.8, 4) is 0 Å². The Hall–Kier alpha value is -1.35. The standard InChI is InChI=1S/C14H17NO2/c1-10-3-4-11-12(9-10)14(17-13(11)16)5-7-15(2)8-6-14/h3-4,9H,5-8H2,1-2H3. The molecule has 3 rings (SSSR count). The van der Waals surface area contributed by atoms with Crippen LogP contribution in [0.1, 0.15) is 34.3 Å². The van der Waals surface area contributed by atoms with Crippen molar-refractivity contribution in [1.82, 2.24) is 4.90 Å². The maximum atomic E-state index is 11.9. The van der Waals surface area contributed by atoms with Crippen molar-refractivity contribution >= 4 is 5.97 Å². The summed E-state index contributed by atoms with van der Waals surface area (Å²) in [6.45, 7) is 4.03. The van der Waals surface area contributed by atoms with Gasteiger partial charge in [-0.25, -0.2) is 4.79 Å². The van der Waals surface area contributed by atoms with Crippen LogP contribution in [0, 0.1) is 6.92 Å². The van der Waals surface area contributed by atoms with Gasteiger partial charge in [-0.15, -0.1) is 0 Å². The number of benzene rings is 1. The van der Waals surface area contributed by atoms with Gasteiger partial charge in [0, 0.05) is 31.5 Å². The van der Waals surface area contributed by atoms with Crippen molar-refractivity contribution in [1.29, 1.82) is 0 Å². The van der Waals surface area contributed by atoms with E-state index in [2.05, 4.69) is 24.9 Å². The lowest BCUT2D eigenvalue weighted by atomic mass is 9.83. The second kappa shape index (κ2) is 3.57. The van der Waals surface area contributed by atoms with Crippen LogP contribution in [-0.2, 0) is 10.3 Å². The first-order chi connectivity index (χ1) is 8.11. The second-order valence-corrected chi connectivity index (χ2v) is 5.24. The number of likely N-dealkylation sites (tertiary alicyclic amines) is 1. The molecule has 1 aromatic rings. The lowest BCUT2D eigenvalue weighted by Gasteiger charge is -2.37. The van der Waals surface area contributed by atoms with Crippen LogP contribution in [0.15, 0.2) is 18.2 Å². The molecule has 0 bridgehead atoms. The molecule has 0 unspecified atom stereocenters. The molecule has 2 heterocycles. The first-order valence-corrected chi connectivity index (χ1v) is 6.14. The number of fused-ring (bicyclic) bond motifs is 2. The summed E-state index contributed by atoms with van der Waals surface area (Å²) in [6.07, 6.45) is 1.82. The molecule has 0 atom stereocenters. The van der Waals surface area contributed by atoms with Gasteiger partial charge in [-0.3, -0.25) is 0 Å². The second-order valence-electron chi connectivity index (χ2n) is 5.24. The van der Waals surface area contributed by atoms with Crippen LogP contribution in [0.3, 0.4) is 0 Å². The number of esters is 1. The number of hydrogen-bond donors (Lipinski definition) is 0. The summed E-state index contributed by atoms with van der Waals surface area (Å²) < 4.78 is 5.70. The molecule has 1 spiro atoms. The molecule has 2 aliphatic rings. The van der Waals surface area contributed by atoms with Gasteiger partial charge >= 0.3 is 5.97 Å². The fourth-order valence-corrected chi connectivity index (χ4v) is 2.85. The van der Waals surface area contributed by atoms with Crippen LogP contribution in [0.4, 0.5) is 0 Å². The van der Waals surface area contributed by atoms with E-state index in [1.54, 1.807) is 0 Å². The molecule has 0 amide bonds. The Morgan fingerprint density at radius 2 is 2.00 bits per heavy atom. The summed E-state index contributed by atoms with van der Waals surface area (Å²) in [5, 5.41) is 0. The average Bonchev–Trinajstić information content (AvgIpc) is 2.57. The van der Waals surface area contributed by atoms with E-state index in [1.165, 1.54) is 5.56 Å². The summed E-state index contributed by atoms with van der Waals surface area (Å²) in [5.41, 5.74) is 2.72. The summed E-state index contributed by atoms with van der Waals surface area (Å²) in [6, 6.07) is 6.00. The number of ether oxygens (including phenoxy) is 1. The third-order valence-corrected chi connectivity index (χ3v) is 3.97. The number of carbonyl (C=O) groups is 1. The Balaban J connectivity index is 2.05. The van der Waals surface area contributed by atoms with E-state index in [1.807, 2.05) is 12.1 Å². The fourth-order valence-electron chi connectivity index (χ4n) is 2.85. The highest BCUT2D eigenvalue weighted by molar-refractivity contribution is 5.94. The highest BCUT2D eigenvalue weighted by Gasteiger charge is 2.46. The maximum absolute atomic E-state index is 11.9. The molecular formula is C14H17NO2. The average molecular weight is 231 g/mol. The van der Waals surface area contributed by atoms with E-state index >= 15 is 0 Å². The Bertz CT molecular complexity index is 473. The number of hydrogen-bond acceptors (Lipinski definition) is 3. The summed E-state index contributed by atoms with van der Waals surface area (Å²) >= 11 is 0. The molecule has 2 aliphatic heterocycles. The smallest absolute Gasteiger partial charge is 0.339 e. The summed E-state index contributed by atoms with van der Waals surface area (Å²) in [4.78, 5) is 14.2. The molecule has 0 saturated carbocycles. The van der Waals surface area contributed by atoms with Gasteiger partial charge in [-0.05, 0) is 20.0 Å². The van der Waals surface area contributed by atoms with E-state index in [9.17, 15) is 4.79 Å². The van der Waals surface area contributed by atoms with Gasteiger partial charge in [-0.1, -0.05) is 17.7 Å². The fraction of sp³-hybridized carbons (Fsp3) is 0.500. The lowest BCUT2D eigenvalue weighted by molar-refractivity contribution is -0.0394. The molecular weight excluding hydrogens is 214 g/mol. The maximum Gasteiger partial charge on any atom is 0.339 e. The molecule has 3 nitrogen and oxygen atoms in total. The van der Waals surface area contributed by atoms with Gasteiger partial charge in [0.15, 0.2) is 0 Å². The monoisotopic (exact) mass is 231 g/mol. The van der Waals surface area contributed by atoms with Crippen molar-refractivity contribution in [3.63, 3.8) is 0 Å². The molecule has 3 heteroatoms. The van der Waals surface area contributed by atoms with Crippen LogP contribution in [0.5, 0.6) is 0 Å². The van der Waals surface area contributed by atoms with Gasteiger partial charge in [0.25, 0.3) is 0 Å². The highest BCUT2D eigenvalue weighted by Crippen LogP contribution is 2.44. The molecule has 0 aliphatic carbocycles. The van der Waals surface area contributed by atoms with E-state index in [0.717, 1.165) is 37.1 Å². The van der Waals surface area contributed by atoms with Gasteiger partial charge in [-0.2, -0.15) is 0 Å². The molecule has 90 valence electrons. The van der Waals surface area contributed by atoms with Crippen molar-refractivity contribution < 1.29 is 9.53 Å². The SMILES string of the molecule is Cc1ccc2c(c1)C1(CCN(C)CC1)OC2=O. The van der Waals surface area contributed by atoms with E-state index < -0.39 is 0 Å². The van der Waals surface area contributed by atoms with Crippen LogP contribution in [-0.4, -0.2) is 31.0 Å². The third-order valence-electron chi connectivity index (χ3n) is 3.97. The minimum atomic E-state index is -0.342. The zero-order valence-electron chi connectivity index (χ0n) is 10.3. The van der Waals surface area contributed by atoms with Gasteiger partial charge < -0.3 is 9.64 Å². The van der Waals surface area contributed by atoms with Crippen LogP contribution in [0.25, 0.3) is 0 Å². The van der Waals surface area contributed by atoms with Crippen LogP contribution >= 0.6 is 0 Å². The molecule has 0 radical (unpaired) electrons. The van der Waals surface area contributed by atoms with Crippen LogP contribution in [0.2, 0.25) is 0 Å². The molecule has 17 heavy (non-hydrogen) atoms. The van der Waals surface area contributed by atoms with Gasteiger partial charge in [0.2, 0.25) is 0 Å². The Labute approximate surface area is 101 Å². The van der Waals surface area contributed by atoms with Gasteiger partial charge in [0.05, 0.1) is 5.56 Å². The normalized spacial score (nSPS) is 22.6. The number of rotatable bonds is 0. The lowest BCUT2D eigenvalue weighted by Crippen LogP contribution is -2.41. The predicted molar refractivity (Wildman–Crippen MR) is 65.0 cm³/mol. The molecule has 1 saturated heterocycles. The van der Waals surface area contributed by atoms with Crippen molar-refractivity contribution in [3.05, 3.63) is 34.9 Å². The topological polar surface area (TPSA) is 29.5 Å². The van der Waals surface area contributed by atoms with Crippen LogP contribution < -0.4 is 0 Å². The zero-order valence-corrected chi connectivity index (χ0v) is 10.3. The number of piperidine rings is 1. The molecule has 1 fully saturated rings. The minimum absolute atomic E-state index is 0.149. The first kappa shape index (κ1) is 10.8. The number of nitrogens with zero attached hydrogens (tertiary/aromatic N) is 1. The minimum Gasteiger partial charge on any atom is -0.450 e. The Kier molecular flexibility index (Phi) is 2.26. The van der Waals surface area contributed by atoms with E-state index in [0.29, 0.717) is 0 Å². The van der Waals surface area contributed by atoms with Crippen molar-refractivity contribution in [2.24, 2.45) is 0 Å². The first-order valence-electron chi connectivity index (χ1n) is 6.14. The Morgan fingerprint density at radius 3 is 2.71 bits per heavy atom. The highest BCUT2D eigenvalue weighted by atomic mass is 16.6. The van der Waals surface area contributed by atoms with Crippen molar-refractivity contribution in [2.75, 3.05) is 20.1 Å². The Morgan fingerprint density at radius 1 is 1.29 bits per heavy atom.